The van der Waals surface area contributed by atoms with Gasteiger partial charge in [-0.05, 0) is 93.5 Å². The summed E-state index contributed by atoms with van der Waals surface area (Å²) in [5.74, 6) is 2.12. The van der Waals surface area contributed by atoms with Gasteiger partial charge >= 0.3 is 0 Å². The molecule has 0 aromatic heterocycles. The first-order valence-corrected chi connectivity index (χ1v) is 20.6. The zero-order valence-corrected chi connectivity index (χ0v) is 27.4. The Balaban J connectivity index is 1.83. The van der Waals surface area contributed by atoms with E-state index in [1.165, 1.54) is 12.0 Å². The highest BCUT2D eigenvalue weighted by atomic mass is 28.3. The average Bonchev–Trinajstić information content (AvgIpc) is 3.08. The van der Waals surface area contributed by atoms with Crippen LogP contribution >= 0.6 is 0 Å². The van der Waals surface area contributed by atoms with Gasteiger partial charge < -0.3 is 4.57 Å². The fourth-order valence-electron chi connectivity index (χ4n) is 9.11. The van der Waals surface area contributed by atoms with Gasteiger partial charge in [-0.1, -0.05) is 89.0 Å². The molecule has 4 unspecified atom stereocenters. The van der Waals surface area contributed by atoms with Crippen LogP contribution in [0.2, 0.25) is 38.3 Å². The monoisotopic (exact) mass is 507 g/mol. The fraction of sp³-hybridized carbons (Fsp3) is 0.688. The predicted octanol–water partition coefficient (Wildman–Crippen LogP) is 8.59. The van der Waals surface area contributed by atoms with E-state index in [-0.39, 0.29) is 16.5 Å². The van der Waals surface area contributed by atoms with Gasteiger partial charge in [-0.3, -0.25) is 0 Å². The van der Waals surface area contributed by atoms with E-state index < -0.39 is 16.3 Å². The SMILES string of the molecule is CC1CC2C=C3C(=CC2C1[Si](C)(C)N(C(C)(C)C)C(C)(C)C)c1ccc([Si](C)(C)C)cc1C3(C)C. The van der Waals surface area contributed by atoms with Crippen molar-refractivity contribution in [3.8, 4) is 0 Å². The molecule has 1 nitrogen and oxygen atoms in total. The summed E-state index contributed by atoms with van der Waals surface area (Å²) in [5, 5.41) is 1.59. The summed E-state index contributed by atoms with van der Waals surface area (Å²) < 4.78 is 2.96. The van der Waals surface area contributed by atoms with Crippen LogP contribution in [0.4, 0.5) is 0 Å². The highest BCUT2D eigenvalue weighted by Gasteiger charge is 2.56. The zero-order valence-electron chi connectivity index (χ0n) is 25.4. The first-order chi connectivity index (χ1) is 15.7. The van der Waals surface area contributed by atoms with Crippen molar-refractivity contribution < 1.29 is 0 Å². The van der Waals surface area contributed by atoms with Crippen LogP contribution in [0, 0.1) is 17.8 Å². The Bertz CT molecular complexity index is 1050. The third-order valence-corrected chi connectivity index (χ3v) is 16.6. The van der Waals surface area contributed by atoms with Crippen molar-refractivity contribution in [2.75, 3.05) is 0 Å². The molecule has 0 radical (unpaired) electrons. The molecule has 0 heterocycles. The molecule has 1 aromatic carbocycles. The topological polar surface area (TPSA) is 3.24 Å². The summed E-state index contributed by atoms with van der Waals surface area (Å²) in [7, 11) is -3.12. The van der Waals surface area contributed by atoms with E-state index in [0.717, 1.165) is 11.5 Å². The maximum atomic E-state index is 2.96. The summed E-state index contributed by atoms with van der Waals surface area (Å²) in [6, 6.07) is 7.51. The molecule has 1 saturated carbocycles. The number of benzene rings is 1. The van der Waals surface area contributed by atoms with Crippen molar-refractivity contribution in [1.82, 2.24) is 4.57 Å². The smallest absolute Gasteiger partial charge is 0.127 e. The maximum absolute atomic E-state index is 2.96. The van der Waals surface area contributed by atoms with Crippen molar-refractivity contribution in [3.05, 3.63) is 47.1 Å². The number of hydrogen-bond acceptors (Lipinski definition) is 1. The molecule has 4 atom stereocenters. The largest absolute Gasteiger partial charge is 0.314 e. The molecule has 1 aromatic rings. The molecule has 0 amide bonds. The van der Waals surface area contributed by atoms with Crippen LogP contribution in [-0.4, -0.2) is 32.0 Å². The van der Waals surface area contributed by atoms with Gasteiger partial charge in [0.1, 0.15) is 8.24 Å². The van der Waals surface area contributed by atoms with Gasteiger partial charge in [0.25, 0.3) is 0 Å². The standard InChI is InChI=1S/C32H53NSi2/c1-21-17-22-18-27-26(24-16-15-23(34(10,11)12)19-28(24)32(27,8)9)20-25(22)29(21)35(13,14)33(30(2,3)4)31(5,6)7/h15-16,18-22,25,29H,17H2,1-14H3. The van der Waals surface area contributed by atoms with Gasteiger partial charge in [0.15, 0.2) is 0 Å². The van der Waals surface area contributed by atoms with Crippen LogP contribution in [0.25, 0.3) is 5.57 Å². The molecular formula is C32H53NSi2. The average molecular weight is 508 g/mol. The van der Waals surface area contributed by atoms with Gasteiger partial charge in [-0.2, -0.15) is 0 Å². The maximum Gasteiger partial charge on any atom is 0.127 e. The minimum Gasteiger partial charge on any atom is -0.314 e. The normalized spacial score (nSPS) is 28.4. The Kier molecular flexibility index (Phi) is 6.24. The number of nitrogens with zero attached hydrogens (tertiary/aromatic N) is 1. The second-order valence-corrected chi connectivity index (χ2v) is 25.6. The second kappa shape index (κ2) is 8.04. The first-order valence-electron chi connectivity index (χ1n) is 14.1. The van der Waals surface area contributed by atoms with Crippen LogP contribution in [0.5, 0.6) is 0 Å². The molecule has 0 bridgehead atoms. The van der Waals surface area contributed by atoms with E-state index in [1.54, 1.807) is 21.9 Å². The van der Waals surface area contributed by atoms with E-state index in [9.17, 15) is 0 Å². The summed E-state index contributed by atoms with van der Waals surface area (Å²) in [6.07, 6.45) is 6.86. The van der Waals surface area contributed by atoms with Crippen molar-refractivity contribution in [2.45, 2.75) is 124 Å². The highest BCUT2D eigenvalue weighted by Crippen LogP contribution is 2.61. The third-order valence-electron chi connectivity index (χ3n) is 9.45. The van der Waals surface area contributed by atoms with Crippen LogP contribution in [0.1, 0.15) is 79.9 Å². The number of fused-ring (bicyclic) bond motifs is 4. The van der Waals surface area contributed by atoms with Gasteiger partial charge in [0, 0.05) is 16.5 Å². The molecule has 3 heteroatoms. The molecular weight excluding hydrogens is 455 g/mol. The van der Waals surface area contributed by atoms with Gasteiger partial charge in [-0.15, -0.1) is 0 Å². The van der Waals surface area contributed by atoms with Crippen molar-refractivity contribution in [3.63, 3.8) is 0 Å². The van der Waals surface area contributed by atoms with E-state index in [2.05, 4.69) is 130 Å². The quantitative estimate of drug-likeness (QED) is 0.370. The Morgan fingerprint density at radius 1 is 0.886 bits per heavy atom. The van der Waals surface area contributed by atoms with Crippen molar-refractivity contribution in [2.24, 2.45) is 17.8 Å². The Hall–Kier alpha value is -0.906. The minimum atomic E-state index is -1.78. The van der Waals surface area contributed by atoms with Crippen LogP contribution in [-0.2, 0) is 5.41 Å². The Morgan fingerprint density at radius 3 is 1.97 bits per heavy atom. The molecule has 1 fully saturated rings. The van der Waals surface area contributed by atoms with E-state index in [0.29, 0.717) is 11.8 Å². The lowest BCUT2D eigenvalue weighted by atomic mass is 9.76. The van der Waals surface area contributed by atoms with Gasteiger partial charge in [0.05, 0.1) is 8.07 Å². The second-order valence-electron chi connectivity index (χ2n) is 16.1. The Labute approximate surface area is 219 Å². The molecule has 35 heavy (non-hydrogen) atoms. The number of hydrogen-bond donors (Lipinski definition) is 0. The lowest BCUT2D eigenvalue weighted by Crippen LogP contribution is -2.67. The lowest BCUT2D eigenvalue weighted by molar-refractivity contribution is 0.121. The van der Waals surface area contributed by atoms with Crippen molar-refractivity contribution in [1.29, 1.82) is 0 Å². The highest BCUT2D eigenvalue weighted by molar-refractivity contribution is 6.88. The molecule has 3 aliphatic carbocycles. The van der Waals surface area contributed by atoms with Crippen LogP contribution in [0.3, 0.4) is 0 Å². The molecule has 4 rings (SSSR count). The zero-order chi connectivity index (χ0) is 26.5. The van der Waals surface area contributed by atoms with E-state index in [1.807, 2.05) is 0 Å². The summed E-state index contributed by atoms with van der Waals surface area (Å²) in [5.41, 5.74) is 7.48. The van der Waals surface area contributed by atoms with Crippen LogP contribution < -0.4 is 5.19 Å². The van der Waals surface area contributed by atoms with Crippen molar-refractivity contribution >= 4 is 27.1 Å². The van der Waals surface area contributed by atoms with Crippen LogP contribution in [0.15, 0.2) is 35.9 Å². The molecule has 0 saturated heterocycles. The number of allylic oxidation sites excluding steroid dienone is 4. The molecule has 194 valence electrons. The van der Waals surface area contributed by atoms with Gasteiger partial charge in [0.2, 0.25) is 0 Å². The number of rotatable bonds is 3. The molecule has 0 N–H and O–H groups in total. The first kappa shape index (κ1) is 27.1. The summed E-state index contributed by atoms with van der Waals surface area (Å²) in [4.78, 5) is 0. The molecule has 3 aliphatic rings. The van der Waals surface area contributed by atoms with E-state index in [4.69, 9.17) is 0 Å². The fourth-order valence-corrected chi connectivity index (χ4v) is 16.8. The summed E-state index contributed by atoms with van der Waals surface area (Å²) >= 11 is 0. The predicted molar refractivity (Wildman–Crippen MR) is 162 cm³/mol. The molecule has 0 aliphatic heterocycles. The summed E-state index contributed by atoms with van der Waals surface area (Å²) in [6.45, 7) is 34.9. The Morgan fingerprint density at radius 2 is 1.46 bits per heavy atom. The lowest BCUT2D eigenvalue weighted by Gasteiger charge is -2.57. The minimum absolute atomic E-state index is 0.110. The third kappa shape index (κ3) is 4.32. The van der Waals surface area contributed by atoms with E-state index >= 15 is 0 Å². The molecule has 0 spiro atoms. The van der Waals surface area contributed by atoms with Gasteiger partial charge in [-0.25, -0.2) is 0 Å².